The molecule has 6 unspecified atom stereocenters. The Morgan fingerprint density at radius 3 is 2.16 bits per heavy atom. The number of rotatable bonds is 11. The fourth-order valence-corrected chi connectivity index (χ4v) is 14.0. The Morgan fingerprint density at radius 2 is 1.44 bits per heavy atom. The van der Waals surface area contributed by atoms with Gasteiger partial charge in [-0.2, -0.15) is 0 Å². The first-order valence-corrected chi connectivity index (χ1v) is 23.6. The number of aliphatic hydroxyl groups is 9. The number of hydrogen-bond donors (Lipinski definition) is 10. The summed E-state index contributed by atoms with van der Waals surface area (Å²) in [4.78, 5) is 13.2. The monoisotopic (exact) mass is 902 g/mol. The van der Waals surface area contributed by atoms with Crippen molar-refractivity contribution in [1.82, 2.24) is 0 Å². The van der Waals surface area contributed by atoms with Gasteiger partial charge in [-0.1, -0.05) is 27.7 Å². The number of carbonyl (C=O) groups excluding carboxylic acids is 1. The number of fused-ring (bicyclic) bond motifs is 7. The molecule has 4 heterocycles. The van der Waals surface area contributed by atoms with Gasteiger partial charge >= 0.3 is 0 Å². The Labute approximate surface area is 369 Å². The quantitative estimate of drug-likeness (QED) is 0.116. The maximum atomic E-state index is 13.2. The molecule has 0 aromatic rings. The molecule has 4 saturated carbocycles. The van der Waals surface area contributed by atoms with Gasteiger partial charge < -0.3 is 84.9 Å². The minimum atomic E-state index is -1.59. The molecule has 0 aromatic heterocycles. The zero-order valence-electron chi connectivity index (χ0n) is 37.5. The van der Waals surface area contributed by atoms with Crippen LogP contribution in [-0.4, -0.2) is 175 Å². The van der Waals surface area contributed by atoms with Gasteiger partial charge in [-0.05, 0) is 98.7 Å². The van der Waals surface area contributed by atoms with E-state index in [0.717, 1.165) is 25.7 Å². The Hall–Kier alpha value is -1.01. The van der Waals surface area contributed by atoms with E-state index >= 15 is 0 Å². The number of aliphatic hydroxyl groups excluding tert-OH is 8. The predicted octanol–water partition coefficient (Wildman–Crippen LogP) is -0.579. The molecule has 0 amide bonds. The second kappa shape index (κ2) is 18.1. The van der Waals surface area contributed by atoms with Gasteiger partial charge in [-0.15, -0.1) is 0 Å². The van der Waals surface area contributed by atoms with E-state index in [1.807, 2.05) is 6.92 Å². The highest BCUT2D eigenvalue weighted by Crippen LogP contribution is 2.71. The third-order valence-electron chi connectivity index (χ3n) is 17.8. The van der Waals surface area contributed by atoms with Crippen molar-refractivity contribution >= 4 is 5.78 Å². The highest BCUT2D eigenvalue weighted by atomic mass is 16.7. The summed E-state index contributed by atoms with van der Waals surface area (Å²) in [7, 11) is 0. The van der Waals surface area contributed by atoms with Crippen molar-refractivity contribution in [2.24, 2.45) is 58.0 Å². The molecule has 27 atom stereocenters. The average molecular weight is 902 g/mol. The van der Waals surface area contributed by atoms with Crippen molar-refractivity contribution in [1.29, 1.82) is 0 Å². The van der Waals surface area contributed by atoms with Crippen LogP contribution < -0.4 is 5.73 Å². The van der Waals surface area contributed by atoms with Crippen molar-refractivity contribution in [3.63, 3.8) is 0 Å². The van der Waals surface area contributed by atoms with Crippen molar-refractivity contribution in [2.45, 2.75) is 209 Å². The van der Waals surface area contributed by atoms with Crippen LogP contribution in [0.2, 0.25) is 0 Å². The minimum Gasteiger partial charge on any atom is -0.394 e. The molecule has 0 spiro atoms. The van der Waals surface area contributed by atoms with E-state index in [1.54, 1.807) is 13.8 Å². The molecule has 8 rings (SSSR count). The van der Waals surface area contributed by atoms with Crippen molar-refractivity contribution < 1.29 is 83.9 Å². The van der Waals surface area contributed by atoms with Crippen LogP contribution >= 0.6 is 0 Å². The molecule has 8 fully saturated rings. The van der Waals surface area contributed by atoms with Gasteiger partial charge in [0, 0.05) is 25.2 Å². The van der Waals surface area contributed by atoms with Crippen LogP contribution in [0.25, 0.3) is 0 Å². The Kier molecular flexibility index (Phi) is 14.0. The largest absolute Gasteiger partial charge is 0.394 e. The third-order valence-corrected chi connectivity index (χ3v) is 17.8. The minimum absolute atomic E-state index is 0.0844. The fourth-order valence-electron chi connectivity index (χ4n) is 14.0. The lowest BCUT2D eigenvalue weighted by Crippen LogP contribution is -2.66. The number of ether oxygens (including phenoxy) is 7. The van der Waals surface area contributed by atoms with Gasteiger partial charge in [0.2, 0.25) is 0 Å². The topological polar surface area (TPSA) is 290 Å². The van der Waals surface area contributed by atoms with Crippen molar-refractivity contribution in [3.05, 3.63) is 0 Å². The van der Waals surface area contributed by atoms with Crippen LogP contribution in [-0.2, 0) is 38.0 Å². The molecule has 0 bridgehead atoms. The molecule has 63 heavy (non-hydrogen) atoms. The maximum Gasteiger partial charge on any atom is 0.187 e. The van der Waals surface area contributed by atoms with Crippen LogP contribution in [0.15, 0.2) is 0 Å². The number of ketones is 1. The summed E-state index contributed by atoms with van der Waals surface area (Å²) in [6.07, 6.45) is -12.2. The summed E-state index contributed by atoms with van der Waals surface area (Å²) in [6.45, 7) is 11.6. The predicted molar refractivity (Wildman–Crippen MR) is 219 cm³/mol. The van der Waals surface area contributed by atoms with Crippen molar-refractivity contribution in [3.8, 4) is 0 Å². The molecule has 362 valence electrons. The van der Waals surface area contributed by atoms with E-state index in [0.29, 0.717) is 38.0 Å². The van der Waals surface area contributed by atoms with Crippen LogP contribution in [0.3, 0.4) is 0 Å². The first kappa shape index (κ1) is 48.4. The summed E-state index contributed by atoms with van der Waals surface area (Å²) in [5.74, 6) is -0.566. The van der Waals surface area contributed by atoms with E-state index in [4.69, 9.17) is 38.9 Å². The van der Waals surface area contributed by atoms with E-state index in [1.165, 1.54) is 0 Å². The normalized spacial score (nSPS) is 56.3. The standard InChI is InChI=1S/C45H75NO17/c1-18(17-57-41-37(54)36(53)34(51)29(16-47)61-41)7-12-45(56)19(2)30-28(63-45)15-25-23-14-27(26-13-22(48)8-10-43(26,5)24(23)9-11-44(25,30)6)60-40-31(46)39(33(50)21(4)58-40)62-42-38(55)35(52)32(49)20(3)59-42/h18-21,23-42,47,49-56H,7-17,46H2,1-6H3/t18-,19-,20-,21+,23?,24?,25?,26+,27?,28?,29+,30?,31+,32-,33+,34+,35+,36-,37+,38+,39+,40+,41+,42-,43+,44-,45+/m0/s1. The zero-order valence-corrected chi connectivity index (χ0v) is 37.5. The molecule has 18 nitrogen and oxygen atoms in total. The lowest BCUT2D eigenvalue weighted by molar-refractivity contribution is -0.343. The molecule has 18 heteroatoms. The van der Waals surface area contributed by atoms with Gasteiger partial charge in [0.1, 0.15) is 60.7 Å². The lowest BCUT2D eigenvalue weighted by Gasteiger charge is -2.62. The molecule has 4 aliphatic heterocycles. The Bertz CT molecular complexity index is 1610. The number of carbonyl (C=O) groups is 1. The number of Topliss-reactive ketones (excluding diaryl/α,β-unsaturated/α-hetero) is 1. The molecule has 11 N–H and O–H groups in total. The first-order valence-electron chi connectivity index (χ1n) is 23.6. The third kappa shape index (κ3) is 8.40. The molecular weight excluding hydrogens is 826 g/mol. The van der Waals surface area contributed by atoms with E-state index in [2.05, 4.69) is 20.8 Å². The van der Waals surface area contributed by atoms with Gasteiger partial charge in [-0.25, -0.2) is 0 Å². The zero-order chi connectivity index (χ0) is 45.7. The molecule has 8 aliphatic rings. The summed E-state index contributed by atoms with van der Waals surface area (Å²) in [5, 5.41) is 95.0. The summed E-state index contributed by atoms with van der Waals surface area (Å²) in [5.41, 5.74) is 6.46. The van der Waals surface area contributed by atoms with Crippen LogP contribution in [0.5, 0.6) is 0 Å². The fraction of sp³-hybridized carbons (Fsp3) is 0.978. The second-order valence-corrected chi connectivity index (χ2v) is 21.5. The van der Waals surface area contributed by atoms with Gasteiger partial charge in [0.15, 0.2) is 24.7 Å². The first-order chi connectivity index (χ1) is 29.6. The molecular formula is C45H75NO17. The summed E-state index contributed by atoms with van der Waals surface area (Å²) < 4.78 is 43.0. The van der Waals surface area contributed by atoms with Gasteiger partial charge in [0.25, 0.3) is 0 Å². The second-order valence-electron chi connectivity index (χ2n) is 21.5. The van der Waals surface area contributed by atoms with Crippen LogP contribution in [0.1, 0.15) is 99.3 Å². The van der Waals surface area contributed by atoms with Crippen molar-refractivity contribution in [2.75, 3.05) is 13.2 Å². The van der Waals surface area contributed by atoms with E-state index < -0.39 is 111 Å². The highest BCUT2D eigenvalue weighted by molar-refractivity contribution is 5.79. The van der Waals surface area contributed by atoms with Gasteiger partial charge in [0.05, 0.1) is 43.7 Å². The van der Waals surface area contributed by atoms with Gasteiger partial charge in [-0.3, -0.25) is 4.79 Å². The molecule has 4 aliphatic carbocycles. The lowest BCUT2D eigenvalue weighted by atomic mass is 9.43. The smallest absolute Gasteiger partial charge is 0.187 e. The molecule has 0 aromatic carbocycles. The maximum absolute atomic E-state index is 13.2. The number of hydrogen-bond acceptors (Lipinski definition) is 18. The van der Waals surface area contributed by atoms with E-state index in [-0.39, 0.29) is 64.8 Å². The molecule has 0 radical (unpaired) electrons. The van der Waals surface area contributed by atoms with Crippen LogP contribution in [0.4, 0.5) is 0 Å². The van der Waals surface area contributed by atoms with Crippen LogP contribution in [0, 0.1) is 52.3 Å². The molecule has 4 saturated heterocycles. The Morgan fingerprint density at radius 1 is 0.778 bits per heavy atom. The summed E-state index contributed by atoms with van der Waals surface area (Å²) in [6, 6.07) is -1.04. The Balaban J connectivity index is 0.946. The average Bonchev–Trinajstić information content (AvgIpc) is 3.68. The summed E-state index contributed by atoms with van der Waals surface area (Å²) >= 11 is 0. The number of nitrogens with two attached hydrogens (primary N) is 1. The SMILES string of the molecule is C[C@@H](CC[C@@]1(O)OC2CC3C4CC(O[C@H]5O[C@H](C)[C@@H](O)[C@H](O[C@@H]6O[C@@H](C)[C@H](O)[C@@H](O)[C@H]6O)[C@H]5N)[C@H]5CC(=O)CC[C@]5(C)C4CC[C@]3(C)C2[C@@H]1C)CO[C@@H]1O[C@H](CO)[C@@H](O)[C@H](O)[C@H]1O. The highest BCUT2D eigenvalue weighted by Gasteiger charge is 2.69. The van der Waals surface area contributed by atoms with E-state index in [9.17, 15) is 50.8 Å².